The van der Waals surface area contributed by atoms with Crippen molar-refractivity contribution in [1.82, 2.24) is 4.98 Å². The molecule has 0 atom stereocenters. The zero-order chi connectivity index (χ0) is 20.8. The Labute approximate surface area is 184 Å². The Morgan fingerprint density at radius 1 is 1.07 bits per heavy atom. The van der Waals surface area contributed by atoms with E-state index >= 15 is 0 Å². The Balaban J connectivity index is 1.43. The van der Waals surface area contributed by atoms with E-state index in [2.05, 4.69) is 46.7 Å². The summed E-state index contributed by atoms with van der Waals surface area (Å²) in [6.07, 6.45) is 1.69. The third-order valence-electron chi connectivity index (χ3n) is 4.42. The highest BCUT2D eigenvalue weighted by Gasteiger charge is 2.05. The molecule has 0 saturated carbocycles. The Kier molecular flexibility index (Phi) is 6.42. The normalized spacial score (nSPS) is 11.0. The van der Waals surface area contributed by atoms with Gasteiger partial charge >= 0.3 is 0 Å². The van der Waals surface area contributed by atoms with Crippen LogP contribution in [0.4, 0.5) is 5.13 Å². The van der Waals surface area contributed by atoms with Gasteiger partial charge in [-0.15, -0.1) is 11.3 Å². The van der Waals surface area contributed by atoms with E-state index in [4.69, 9.17) is 16.3 Å². The third kappa shape index (κ3) is 5.26. The lowest BCUT2D eigenvalue weighted by atomic mass is 10.1. The van der Waals surface area contributed by atoms with E-state index in [0.29, 0.717) is 16.8 Å². The summed E-state index contributed by atoms with van der Waals surface area (Å²) in [7, 11) is 0. The fraction of sp³-hybridized carbons (Fsp3) is 0.0833. The molecule has 0 aliphatic heterocycles. The molecule has 0 unspecified atom stereocenters. The summed E-state index contributed by atoms with van der Waals surface area (Å²) in [6, 6.07) is 23.8. The van der Waals surface area contributed by atoms with Gasteiger partial charge in [0.15, 0.2) is 0 Å². The Morgan fingerprint density at radius 3 is 2.67 bits per heavy atom. The fourth-order valence-corrected chi connectivity index (χ4v) is 3.67. The van der Waals surface area contributed by atoms with Crippen molar-refractivity contribution in [3.8, 4) is 17.0 Å². The van der Waals surface area contributed by atoms with E-state index in [1.807, 2.05) is 53.9 Å². The molecule has 1 aromatic heterocycles. The second kappa shape index (κ2) is 9.57. The topological polar surface area (TPSA) is 46.5 Å². The summed E-state index contributed by atoms with van der Waals surface area (Å²) < 4.78 is 5.99. The number of nitrogens with zero attached hydrogens (tertiary/aromatic N) is 2. The SMILES string of the molecule is Cc1ccc(COc2ccc(Cl)cc2C=NNc2nc(-c3ccccc3)cs2)cc1. The van der Waals surface area contributed by atoms with Gasteiger partial charge in [0.1, 0.15) is 12.4 Å². The van der Waals surface area contributed by atoms with E-state index in [-0.39, 0.29) is 0 Å². The molecule has 0 spiro atoms. The number of hydrogen-bond donors (Lipinski definition) is 1. The molecule has 4 aromatic rings. The van der Waals surface area contributed by atoms with Crippen molar-refractivity contribution >= 4 is 34.3 Å². The highest BCUT2D eigenvalue weighted by Crippen LogP contribution is 2.25. The number of benzene rings is 3. The molecule has 0 amide bonds. The molecule has 0 saturated heterocycles. The summed E-state index contributed by atoms with van der Waals surface area (Å²) >= 11 is 7.67. The number of rotatable bonds is 7. The van der Waals surface area contributed by atoms with Crippen molar-refractivity contribution < 1.29 is 4.74 Å². The highest BCUT2D eigenvalue weighted by molar-refractivity contribution is 7.14. The number of hydrogen-bond acceptors (Lipinski definition) is 5. The number of nitrogens with one attached hydrogen (secondary N) is 1. The molecule has 1 heterocycles. The van der Waals surface area contributed by atoms with E-state index in [1.54, 1.807) is 6.21 Å². The van der Waals surface area contributed by atoms with Gasteiger partial charge in [0.2, 0.25) is 5.13 Å². The quantitative estimate of drug-likeness (QED) is 0.257. The van der Waals surface area contributed by atoms with Crippen LogP contribution < -0.4 is 10.2 Å². The first-order valence-corrected chi connectivity index (χ1v) is 10.7. The second-order valence-corrected chi connectivity index (χ2v) is 8.02. The summed E-state index contributed by atoms with van der Waals surface area (Å²) in [5.74, 6) is 0.717. The lowest BCUT2D eigenvalue weighted by Crippen LogP contribution is -1.99. The lowest BCUT2D eigenvalue weighted by Gasteiger charge is -2.10. The van der Waals surface area contributed by atoms with Crippen LogP contribution >= 0.6 is 22.9 Å². The Bertz CT molecular complexity index is 1140. The molecule has 0 aliphatic rings. The second-order valence-electron chi connectivity index (χ2n) is 6.73. The standard InChI is InChI=1S/C24H20ClN3OS/c1-17-7-9-18(10-8-17)15-29-23-12-11-21(25)13-20(23)14-26-28-24-27-22(16-30-24)19-5-3-2-4-6-19/h2-14,16H,15H2,1H3,(H,27,28). The van der Waals surface area contributed by atoms with E-state index in [1.165, 1.54) is 16.9 Å². The number of aryl methyl sites for hydroxylation is 1. The molecule has 1 N–H and O–H groups in total. The number of aromatic nitrogens is 1. The van der Waals surface area contributed by atoms with Crippen LogP contribution in [0.5, 0.6) is 5.75 Å². The molecular weight excluding hydrogens is 414 g/mol. The van der Waals surface area contributed by atoms with Gasteiger partial charge in [-0.05, 0) is 30.7 Å². The van der Waals surface area contributed by atoms with Crippen LogP contribution in [0.15, 0.2) is 83.3 Å². The number of ether oxygens (including phenoxy) is 1. The summed E-state index contributed by atoms with van der Waals surface area (Å²) in [6.45, 7) is 2.54. The predicted octanol–water partition coefficient (Wildman–Crippen LogP) is 6.80. The van der Waals surface area contributed by atoms with E-state index < -0.39 is 0 Å². The molecule has 4 nitrogen and oxygen atoms in total. The average molecular weight is 434 g/mol. The molecule has 30 heavy (non-hydrogen) atoms. The molecule has 3 aromatic carbocycles. The van der Waals surface area contributed by atoms with Crippen LogP contribution in [0, 0.1) is 6.92 Å². The smallest absolute Gasteiger partial charge is 0.203 e. The molecule has 0 aliphatic carbocycles. The maximum Gasteiger partial charge on any atom is 0.203 e. The van der Waals surface area contributed by atoms with Crippen LogP contribution in [0.25, 0.3) is 11.3 Å². The van der Waals surface area contributed by atoms with Crippen LogP contribution in [-0.4, -0.2) is 11.2 Å². The van der Waals surface area contributed by atoms with Crippen LogP contribution in [-0.2, 0) is 6.61 Å². The Hall–Kier alpha value is -3.15. The predicted molar refractivity (Wildman–Crippen MR) is 126 cm³/mol. The summed E-state index contributed by atoms with van der Waals surface area (Å²) in [5, 5.41) is 7.67. The molecular formula is C24H20ClN3OS. The first-order chi connectivity index (χ1) is 14.7. The first kappa shape index (κ1) is 20.1. The zero-order valence-corrected chi connectivity index (χ0v) is 18.0. The van der Waals surface area contributed by atoms with Crippen molar-refractivity contribution in [2.75, 3.05) is 5.43 Å². The molecule has 0 fully saturated rings. The van der Waals surface area contributed by atoms with Crippen molar-refractivity contribution in [1.29, 1.82) is 0 Å². The van der Waals surface area contributed by atoms with Gasteiger partial charge < -0.3 is 4.74 Å². The zero-order valence-electron chi connectivity index (χ0n) is 16.4. The van der Waals surface area contributed by atoms with Gasteiger partial charge in [0, 0.05) is 21.5 Å². The number of halogens is 1. The van der Waals surface area contributed by atoms with Crippen molar-refractivity contribution in [2.24, 2.45) is 5.10 Å². The molecule has 0 bridgehead atoms. The van der Waals surface area contributed by atoms with E-state index in [9.17, 15) is 0 Å². The minimum Gasteiger partial charge on any atom is -0.488 e. The molecule has 4 rings (SSSR count). The van der Waals surface area contributed by atoms with Crippen LogP contribution in [0.1, 0.15) is 16.7 Å². The van der Waals surface area contributed by atoms with Crippen molar-refractivity contribution in [3.05, 3.63) is 99.9 Å². The summed E-state index contributed by atoms with van der Waals surface area (Å²) in [5.41, 5.74) is 8.11. The number of thiazole rings is 1. The Morgan fingerprint density at radius 2 is 1.87 bits per heavy atom. The highest BCUT2D eigenvalue weighted by atomic mass is 35.5. The van der Waals surface area contributed by atoms with Crippen LogP contribution in [0.3, 0.4) is 0 Å². The minimum atomic E-state index is 0.475. The fourth-order valence-electron chi connectivity index (χ4n) is 2.82. The molecule has 150 valence electrons. The van der Waals surface area contributed by atoms with Gasteiger partial charge in [0.05, 0.1) is 11.9 Å². The van der Waals surface area contributed by atoms with E-state index in [0.717, 1.165) is 28.1 Å². The average Bonchev–Trinajstić information content (AvgIpc) is 3.24. The third-order valence-corrected chi connectivity index (χ3v) is 5.41. The van der Waals surface area contributed by atoms with Gasteiger partial charge in [-0.2, -0.15) is 5.10 Å². The maximum atomic E-state index is 6.17. The van der Waals surface area contributed by atoms with Gasteiger partial charge in [-0.25, -0.2) is 4.98 Å². The molecule has 0 radical (unpaired) electrons. The number of anilines is 1. The van der Waals surface area contributed by atoms with Gasteiger partial charge in [-0.3, -0.25) is 5.43 Å². The van der Waals surface area contributed by atoms with Gasteiger partial charge in [-0.1, -0.05) is 71.8 Å². The summed E-state index contributed by atoms with van der Waals surface area (Å²) in [4.78, 5) is 4.57. The maximum absolute atomic E-state index is 6.17. The van der Waals surface area contributed by atoms with Crippen LogP contribution in [0.2, 0.25) is 5.02 Å². The number of hydrazone groups is 1. The largest absolute Gasteiger partial charge is 0.488 e. The first-order valence-electron chi connectivity index (χ1n) is 9.45. The van der Waals surface area contributed by atoms with Crippen molar-refractivity contribution in [2.45, 2.75) is 13.5 Å². The lowest BCUT2D eigenvalue weighted by molar-refractivity contribution is 0.306. The molecule has 6 heteroatoms. The minimum absolute atomic E-state index is 0.475. The monoisotopic (exact) mass is 433 g/mol. The van der Waals surface area contributed by atoms with Gasteiger partial charge in [0.25, 0.3) is 0 Å². The van der Waals surface area contributed by atoms with Crippen molar-refractivity contribution in [3.63, 3.8) is 0 Å².